The third kappa shape index (κ3) is 3.57. The summed E-state index contributed by atoms with van der Waals surface area (Å²) in [5.41, 5.74) is 1.19. The van der Waals surface area contributed by atoms with Gasteiger partial charge in [0.2, 0.25) is 0 Å². The fraction of sp³-hybridized carbons (Fsp3) is 0.750. The summed E-state index contributed by atoms with van der Waals surface area (Å²) < 4.78 is 0. The van der Waals surface area contributed by atoms with Gasteiger partial charge >= 0.3 is 0 Å². The lowest BCUT2D eigenvalue weighted by Crippen LogP contribution is -2.41. The zero-order chi connectivity index (χ0) is 14.7. The van der Waals surface area contributed by atoms with Gasteiger partial charge in [-0.25, -0.2) is 4.98 Å². The molecule has 1 aliphatic heterocycles. The first kappa shape index (κ1) is 14.8. The van der Waals surface area contributed by atoms with Crippen LogP contribution in [-0.2, 0) is 6.42 Å². The number of nitrogens with one attached hydrogen (secondary N) is 1. The van der Waals surface area contributed by atoms with E-state index >= 15 is 0 Å². The Kier molecular flexibility index (Phi) is 4.78. The highest BCUT2D eigenvalue weighted by Crippen LogP contribution is 2.35. The van der Waals surface area contributed by atoms with Gasteiger partial charge in [0.25, 0.3) is 0 Å². The largest absolute Gasteiger partial charge is 0.356 e. The average Bonchev–Trinajstić information content (AvgIpc) is 3.09. The minimum atomic E-state index is 0.901. The Balaban J connectivity index is 1.49. The Labute approximate surface area is 131 Å². The van der Waals surface area contributed by atoms with Crippen molar-refractivity contribution in [1.29, 1.82) is 0 Å². The first-order valence-electron chi connectivity index (χ1n) is 8.13. The van der Waals surface area contributed by atoms with E-state index in [1.54, 1.807) is 11.3 Å². The molecule has 3 rings (SSSR count). The Bertz CT molecular complexity index is 482. The van der Waals surface area contributed by atoms with E-state index in [0.29, 0.717) is 0 Å². The van der Waals surface area contributed by atoms with Crippen molar-refractivity contribution in [3.8, 4) is 0 Å². The highest BCUT2D eigenvalue weighted by molar-refractivity contribution is 7.09. The maximum atomic E-state index is 4.51. The first-order valence-corrected chi connectivity index (χ1v) is 9.01. The van der Waals surface area contributed by atoms with E-state index in [0.717, 1.165) is 35.8 Å². The smallest absolute Gasteiger partial charge is 0.193 e. The van der Waals surface area contributed by atoms with Gasteiger partial charge in [0.15, 0.2) is 5.96 Å². The molecule has 1 aromatic heterocycles. The SMILES string of the molecule is CN=C(NCCc1csc(C)n1)N1CC2CCCCC2C1. The Hall–Kier alpha value is -1.10. The summed E-state index contributed by atoms with van der Waals surface area (Å²) >= 11 is 1.73. The van der Waals surface area contributed by atoms with Crippen LogP contribution in [0.1, 0.15) is 36.4 Å². The number of aliphatic imine (C=N–C) groups is 1. The Morgan fingerprint density at radius 1 is 1.38 bits per heavy atom. The van der Waals surface area contributed by atoms with Gasteiger partial charge in [-0.05, 0) is 31.6 Å². The molecular weight excluding hydrogens is 280 g/mol. The molecule has 1 aromatic rings. The summed E-state index contributed by atoms with van der Waals surface area (Å²) in [5, 5.41) is 6.83. The van der Waals surface area contributed by atoms with E-state index in [1.807, 2.05) is 7.05 Å². The number of rotatable bonds is 3. The van der Waals surface area contributed by atoms with Crippen LogP contribution in [0.25, 0.3) is 0 Å². The van der Waals surface area contributed by atoms with Gasteiger partial charge in [-0.15, -0.1) is 11.3 Å². The van der Waals surface area contributed by atoms with E-state index in [1.165, 1.54) is 44.5 Å². The van der Waals surface area contributed by atoms with Gasteiger partial charge in [0, 0.05) is 38.5 Å². The molecule has 21 heavy (non-hydrogen) atoms. The average molecular weight is 306 g/mol. The molecule has 2 aliphatic rings. The topological polar surface area (TPSA) is 40.5 Å². The number of hydrogen-bond donors (Lipinski definition) is 1. The zero-order valence-electron chi connectivity index (χ0n) is 13.1. The van der Waals surface area contributed by atoms with Crippen LogP contribution < -0.4 is 5.32 Å². The number of likely N-dealkylation sites (tertiary alicyclic amines) is 1. The highest BCUT2D eigenvalue weighted by atomic mass is 32.1. The summed E-state index contributed by atoms with van der Waals surface area (Å²) in [4.78, 5) is 11.5. The summed E-state index contributed by atoms with van der Waals surface area (Å²) in [6.07, 6.45) is 6.64. The molecule has 116 valence electrons. The number of guanidine groups is 1. The van der Waals surface area contributed by atoms with Crippen LogP contribution >= 0.6 is 11.3 Å². The fourth-order valence-corrected chi connectivity index (χ4v) is 4.38. The van der Waals surface area contributed by atoms with Crippen LogP contribution in [0.4, 0.5) is 0 Å². The quantitative estimate of drug-likeness (QED) is 0.689. The molecule has 2 atom stereocenters. The van der Waals surface area contributed by atoms with Crippen LogP contribution in [0.5, 0.6) is 0 Å². The normalized spacial score (nSPS) is 26.0. The molecule has 0 bridgehead atoms. The Morgan fingerprint density at radius 2 is 2.10 bits per heavy atom. The molecule has 1 N–H and O–H groups in total. The number of thiazole rings is 1. The van der Waals surface area contributed by atoms with Crippen LogP contribution in [0, 0.1) is 18.8 Å². The predicted octanol–water partition coefficient (Wildman–Crippen LogP) is 2.69. The number of fused-ring (bicyclic) bond motifs is 1. The number of aromatic nitrogens is 1. The van der Waals surface area contributed by atoms with Gasteiger partial charge < -0.3 is 10.2 Å². The van der Waals surface area contributed by atoms with Crippen molar-refractivity contribution < 1.29 is 0 Å². The molecule has 0 spiro atoms. The highest BCUT2D eigenvalue weighted by Gasteiger charge is 2.35. The molecule has 1 saturated carbocycles. The number of aryl methyl sites for hydroxylation is 1. The molecule has 5 heteroatoms. The van der Waals surface area contributed by atoms with Crippen LogP contribution in [-0.4, -0.2) is 42.5 Å². The van der Waals surface area contributed by atoms with Gasteiger partial charge in [0.05, 0.1) is 10.7 Å². The lowest BCUT2D eigenvalue weighted by Gasteiger charge is -2.22. The maximum absolute atomic E-state index is 4.51. The van der Waals surface area contributed by atoms with Gasteiger partial charge in [0.1, 0.15) is 0 Å². The van der Waals surface area contributed by atoms with Gasteiger partial charge in [-0.1, -0.05) is 12.8 Å². The van der Waals surface area contributed by atoms with E-state index in [9.17, 15) is 0 Å². The predicted molar refractivity (Wildman–Crippen MR) is 88.9 cm³/mol. The lowest BCUT2D eigenvalue weighted by molar-refractivity contribution is 0.299. The molecule has 0 aromatic carbocycles. The van der Waals surface area contributed by atoms with E-state index in [2.05, 4.69) is 32.5 Å². The molecule has 2 fully saturated rings. The van der Waals surface area contributed by atoms with Crippen molar-refractivity contribution in [1.82, 2.24) is 15.2 Å². The van der Waals surface area contributed by atoms with E-state index in [4.69, 9.17) is 0 Å². The van der Waals surface area contributed by atoms with Crippen LogP contribution in [0.3, 0.4) is 0 Å². The fourth-order valence-electron chi connectivity index (χ4n) is 3.74. The van der Waals surface area contributed by atoms with E-state index < -0.39 is 0 Å². The Morgan fingerprint density at radius 3 is 2.67 bits per heavy atom. The molecule has 2 unspecified atom stereocenters. The molecule has 0 amide bonds. The molecule has 4 nitrogen and oxygen atoms in total. The van der Waals surface area contributed by atoms with Crippen molar-refractivity contribution >= 4 is 17.3 Å². The summed E-state index contributed by atoms with van der Waals surface area (Å²) in [5.74, 6) is 2.88. The lowest BCUT2D eigenvalue weighted by atomic mass is 9.82. The van der Waals surface area contributed by atoms with E-state index in [-0.39, 0.29) is 0 Å². The van der Waals surface area contributed by atoms with Crippen molar-refractivity contribution in [3.63, 3.8) is 0 Å². The minimum absolute atomic E-state index is 0.901. The van der Waals surface area contributed by atoms with Crippen LogP contribution in [0.2, 0.25) is 0 Å². The van der Waals surface area contributed by atoms with Gasteiger partial charge in [-0.3, -0.25) is 4.99 Å². The summed E-state index contributed by atoms with van der Waals surface area (Å²) in [7, 11) is 1.90. The second-order valence-electron chi connectivity index (χ2n) is 6.29. The standard InChI is InChI=1S/C16H26N4S/c1-12-19-15(11-21-12)7-8-18-16(17-2)20-9-13-5-3-4-6-14(13)10-20/h11,13-14H,3-10H2,1-2H3,(H,17,18). The zero-order valence-corrected chi connectivity index (χ0v) is 14.0. The van der Waals surface area contributed by atoms with Crippen molar-refractivity contribution in [2.24, 2.45) is 16.8 Å². The second-order valence-corrected chi connectivity index (χ2v) is 7.35. The van der Waals surface area contributed by atoms with Crippen molar-refractivity contribution in [2.45, 2.75) is 39.0 Å². The van der Waals surface area contributed by atoms with Crippen LogP contribution in [0.15, 0.2) is 10.4 Å². The second kappa shape index (κ2) is 6.77. The van der Waals surface area contributed by atoms with Gasteiger partial charge in [-0.2, -0.15) is 0 Å². The minimum Gasteiger partial charge on any atom is -0.356 e. The third-order valence-corrected chi connectivity index (χ3v) is 5.64. The monoisotopic (exact) mass is 306 g/mol. The van der Waals surface area contributed by atoms with Crippen molar-refractivity contribution in [2.75, 3.05) is 26.7 Å². The molecule has 0 radical (unpaired) electrons. The summed E-state index contributed by atoms with van der Waals surface area (Å²) in [6.45, 7) is 5.37. The summed E-state index contributed by atoms with van der Waals surface area (Å²) in [6, 6.07) is 0. The molecule has 2 heterocycles. The van der Waals surface area contributed by atoms with Crippen molar-refractivity contribution in [3.05, 3.63) is 16.1 Å². The number of hydrogen-bond acceptors (Lipinski definition) is 3. The molecular formula is C16H26N4S. The molecule has 1 aliphatic carbocycles. The first-order chi connectivity index (χ1) is 10.3. The molecule has 1 saturated heterocycles. The maximum Gasteiger partial charge on any atom is 0.193 e. The third-order valence-electron chi connectivity index (χ3n) is 4.82. The number of nitrogens with zero attached hydrogens (tertiary/aromatic N) is 3.